The smallest absolute Gasteiger partial charge is 0.258 e. The van der Waals surface area contributed by atoms with Gasteiger partial charge >= 0.3 is 0 Å². The maximum atomic E-state index is 12.6. The van der Waals surface area contributed by atoms with Crippen LogP contribution in [0.5, 0.6) is 0 Å². The summed E-state index contributed by atoms with van der Waals surface area (Å²) in [7, 11) is -4.34. The Morgan fingerprint density at radius 2 is 2.05 bits per heavy atom. The molecule has 0 bridgehead atoms. The van der Waals surface area contributed by atoms with Gasteiger partial charge in [-0.25, -0.2) is 8.78 Å². The van der Waals surface area contributed by atoms with E-state index in [1.807, 2.05) is 0 Å². The van der Waals surface area contributed by atoms with E-state index in [1.54, 1.807) is 0 Å². The van der Waals surface area contributed by atoms with Crippen LogP contribution in [0.15, 0.2) is 23.1 Å². The van der Waals surface area contributed by atoms with Crippen LogP contribution in [0.3, 0.4) is 0 Å². The number of hydrogen-bond donors (Lipinski definition) is 0. The summed E-state index contributed by atoms with van der Waals surface area (Å²) >= 11 is 0. The molecule has 1 aromatic carbocycles. The Morgan fingerprint density at radius 3 is 2.47 bits per heavy atom. The van der Waals surface area contributed by atoms with Crippen LogP contribution in [-0.2, 0) is 14.3 Å². The number of nitro benzene ring substituents is 1. The summed E-state index contributed by atoms with van der Waals surface area (Å²) in [5, 5.41) is 10.5. The summed E-state index contributed by atoms with van der Waals surface area (Å²) in [5.41, 5.74) is -0.216. The molecule has 0 radical (unpaired) electrons. The number of halogens is 2. The molecule has 1 saturated carbocycles. The highest BCUT2D eigenvalue weighted by Gasteiger charge is 2.60. The molecule has 1 aromatic rings. The van der Waals surface area contributed by atoms with Crippen LogP contribution in [0, 0.1) is 17.0 Å². The van der Waals surface area contributed by atoms with Crippen LogP contribution in [-0.4, -0.2) is 25.4 Å². The Morgan fingerprint density at radius 1 is 1.47 bits per heavy atom. The van der Waals surface area contributed by atoms with Crippen molar-refractivity contribution in [2.75, 3.05) is 0 Å². The summed E-state index contributed by atoms with van der Waals surface area (Å²) in [4.78, 5) is 9.48. The molecule has 1 aliphatic rings. The molecule has 0 saturated heterocycles. The van der Waals surface area contributed by atoms with Gasteiger partial charge in [0.2, 0.25) is 0 Å². The average molecular weight is 293 g/mol. The van der Waals surface area contributed by atoms with Gasteiger partial charge in [0.25, 0.3) is 21.7 Å². The normalized spacial score (nSPS) is 21.1. The number of aryl methyl sites for hydroxylation is 1. The van der Waals surface area contributed by atoms with E-state index in [0.29, 0.717) is 0 Å². The molecule has 0 unspecified atom stereocenters. The molecule has 9 heteroatoms. The molecule has 0 spiro atoms. The van der Waals surface area contributed by atoms with Gasteiger partial charge in [0.05, 0.1) is 9.82 Å². The van der Waals surface area contributed by atoms with Crippen LogP contribution >= 0.6 is 0 Å². The average Bonchev–Trinajstić information content (AvgIpc) is 2.83. The third kappa shape index (κ3) is 2.71. The first kappa shape index (κ1) is 13.8. The Balaban J connectivity index is 2.28. The van der Waals surface area contributed by atoms with Crippen molar-refractivity contribution in [3.8, 4) is 0 Å². The summed E-state index contributed by atoms with van der Waals surface area (Å²) < 4.78 is 53.1. The topological polar surface area (TPSA) is 86.5 Å². The first-order chi connectivity index (χ1) is 8.63. The molecule has 19 heavy (non-hydrogen) atoms. The highest BCUT2D eigenvalue weighted by molar-refractivity contribution is 7.86. The summed E-state index contributed by atoms with van der Waals surface area (Å²) in [6.07, 6.45) is -2.29. The third-order valence-electron chi connectivity index (χ3n) is 2.65. The molecular formula is C10H9F2NO5S. The molecule has 0 heterocycles. The predicted octanol–water partition coefficient (Wildman–Crippen LogP) is 2.02. The van der Waals surface area contributed by atoms with Crippen molar-refractivity contribution in [1.82, 2.24) is 0 Å². The van der Waals surface area contributed by atoms with Gasteiger partial charge in [-0.3, -0.25) is 14.3 Å². The third-order valence-corrected chi connectivity index (χ3v) is 4.13. The van der Waals surface area contributed by atoms with Crippen molar-refractivity contribution in [2.45, 2.75) is 30.3 Å². The monoisotopic (exact) mass is 293 g/mol. The second kappa shape index (κ2) is 4.20. The molecule has 1 atom stereocenters. The maximum absolute atomic E-state index is 12.6. The number of nitrogens with zero attached hydrogens (tertiary/aromatic N) is 1. The molecular weight excluding hydrogens is 284 g/mol. The van der Waals surface area contributed by atoms with Gasteiger partial charge in [-0.2, -0.15) is 8.42 Å². The van der Waals surface area contributed by atoms with Crippen molar-refractivity contribution >= 4 is 15.8 Å². The quantitative estimate of drug-likeness (QED) is 0.481. The lowest BCUT2D eigenvalue weighted by Crippen LogP contribution is -2.13. The van der Waals surface area contributed by atoms with E-state index < -0.39 is 33.5 Å². The molecule has 1 fully saturated rings. The minimum absolute atomic E-state index is 0.0677. The number of benzene rings is 1. The van der Waals surface area contributed by atoms with Gasteiger partial charge in [0, 0.05) is 18.6 Å². The van der Waals surface area contributed by atoms with Crippen molar-refractivity contribution in [2.24, 2.45) is 0 Å². The van der Waals surface area contributed by atoms with Crippen molar-refractivity contribution in [1.29, 1.82) is 0 Å². The van der Waals surface area contributed by atoms with Crippen LogP contribution in [0.1, 0.15) is 12.0 Å². The zero-order chi connectivity index (χ0) is 14.4. The van der Waals surface area contributed by atoms with Crippen molar-refractivity contribution in [3.63, 3.8) is 0 Å². The zero-order valence-electron chi connectivity index (χ0n) is 9.67. The number of alkyl halides is 2. The lowest BCUT2D eigenvalue weighted by atomic mass is 10.2. The molecule has 0 amide bonds. The number of hydrogen-bond acceptors (Lipinski definition) is 5. The van der Waals surface area contributed by atoms with Gasteiger partial charge in [-0.1, -0.05) is 0 Å². The molecule has 2 rings (SSSR count). The Hall–Kier alpha value is -1.61. The highest BCUT2D eigenvalue weighted by atomic mass is 32.2. The minimum atomic E-state index is -4.34. The summed E-state index contributed by atoms with van der Waals surface area (Å²) in [6, 6.07) is 3.00. The summed E-state index contributed by atoms with van der Waals surface area (Å²) in [6.45, 7) is 1.33. The van der Waals surface area contributed by atoms with Gasteiger partial charge in [0.15, 0.2) is 0 Å². The van der Waals surface area contributed by atoms with Gasteiger partial charge < -0.3 is 0 Å². The fourth-order valence-electron chi connectivity index (χ4n) is 1.53. The zero-order valence-corrected chi connectivity index (χ0v) is 10.5. The fraction of sp³-hybridized carbons (Fsp3) is 0.400. The predicted molar refractivity (Wildman–Crippen MR) is 59.5 cm³/mol. The Kier molecular flexibility index (Phi) is 3.06. The molecule has 0 N–H and O–H groups in total. The van der Waals surface area contributed by atoms with Crippen LogP contribution in [0.4, 0.5) is 14.5 Å². The van der Waals surface area contributed by atoms with E-state index >= 15 is 0 Å². The van der Waals surface area contributed by atoms with E-state index in [9.17, 15) is 27.3 Å². The highest BCUT2D eigenvalue weighted by Crippen LogP contribution is 2.46. The van der Waals surface area contributed by atoms with Crippen LogP contribution in [0.25, 0.3) is 0 Å². The molecule has 0 aromatic heterocycles. The summed E-state index contributed by atoms with van der Waals surface area (Å²) in [5.74, 6) is -3.12. The standard InChI is InChI=1S/C10H9F2NO5S/c1-6-4-7(13(14)15)2-3-8(6)19(16,17)18-9-5-10(9,11)12/h2-4,9H,5H2,1H3/t9-/m0/s1. The van der Waals surface area contributed by atoms with Crippen molar-refractivity contribution < 1.29 is 26.3 Å². The molecule has 0 aliphatic heterocycles. The molecule has 1 aliphatic carbocycles. The number of nitro groups is 1. The Labute approximate surface area is 107 Å². The molecule has 104 valence electrons. The van der Waals surface area contributed by atoms with E-state index in [-0.39, 0.29) is 16.1 Å². The van der Waals surface area contributed by atoms with Gasteiger partial charge in [-0.05, 0) is 18.6 Å². The fourth-order valence-corrected chi connectivity index (χ4v) is 2.83. The first-order valence-corrected chi connectivity index (χ1v) is 6.60. The van der Waals surface area contributed by atoms with Crippen LogP contribution in [0.2, 0.25) is 0 Å². The van der Waals surface area contributed by atoms with E-state index in [1.165, 1.54) is 6.92 Å². The van der Waals surface area contributed by atoms with Crippen molar-refractivity contribution in [3.05, 3.63) is 33.9 Å². The minimum Gasteiger partial charge on any atom is -0.258 e. The van der Waals surface area contributed by atoms with Gasteiger partial charge in [-0.15, -0.1) is 0 Å². The first-order valence-electron chi connectivity index (χ1n) is 5.20. The second-order valence-corrected chi connectivity index (χ2v) is 5.75. The number of non-ortho nitro benzene ring substituents is 1. The lowest BCUT2D eigenvalue weighted by Gasteiger charge is -2.07. The van der Waals surface area contributed by atoms with Crippen LogP contribution < -0.4 is 0 Å². The van der Waals surface area contributed by atoms with E-state index in [2.05, 4.69) is 4.18 Å². The lowest BCUT2D eigenvalue weighted by molar-refractivity contribution is -0.385. The maximum Gasteiger partial charge on any atom is 0.297 e. The van der Waals surface area contributed by atoms with Gasteiger partial charge in [0.1, 0.15) is 6.10 Å². The second-order valence-electron chi connectivity index (χ2n) is 4.21. The largest absolute Gasteiger partial charge is 0.297 e. The molecule has 6 nitrogen and oxygen atoms in total. The van der Waals surface area contributed by atoms with E-state index in [0.717, 1.165) is 18.2 Å². The Bertz CT molecular complexity index is 643. The van der Waals surface area contributed by atoms with E-state index in [4.69, 9.17) is 0 Å². The SMILES string of the molecule is Cc1cc([N+](=O)[O-])ccc1S(=O)(=O)O[C@H]1CC1(F)F. The number of rotatable bonds is 4.